The van der Waals surface area contributed by atoms with Gasteiger partial charge in [0, 0.05) is 84.4 Å². The highest BCUT2D eigenvalue weighted by molar-refractivity contribution is 7.26. The van der Waals surface area contributed by atoms with Crippen molar-refractivity contribution in [3.05, 3.63) is 266 Å². The molecular weight excluding hydrogens is 1010 g/mol. The molecule has 0 N–H and O–H groups in total. The molecule has 12 aromatic carbocycles. The monoisotopic (exact) mass is 1060 g/mol. The molecule has 0 unspecified atom stereocenters. The van der Waals surface area contributed by atoms with E-state index in [0.29, 0.717) is 0 Å². The van der Waals surface area contributed by atoms with Gasteiger partial charge in [0.1, 0.15) is 11.2 Å². The van der Waals surface area contributed by atoms with Gasteiger partial charge in [-0.2, -0.15) is 0 Å². The fourth-order valence-electron chi connectivity index (χ4n) is 12.4. The van der Waals surface area contributed by atoms with Gasteiger partial charge in [0.05, 0.1) is 22.7 Å². The zero-order valence-corrected chi connectivity index (χ0v) is 45.4. The van der Waals surface area contributed by atoms with Gasteiger partial charge in [0.15, 0.2) is 11.2 Å². The molecule has 4 aromatic heterocycles. The number of nitrogens with zero attached hydrogens (tertiary/aromatic N) is 2. The second-order valence-corrected chi connectivity index (χ2v) is 23.0. The number of furan rings is 2. The van der Waals surface area contributed by atoms with Crippen molar-refractivity contribution in [3.63, 3.8) is 0 Å². The van der Waals surface area contributed by atoms with Crippen LogP contribution in [0.2, 0.25) is 0 Å². The third-order valence-corrected chi connectivity index (χ3v) is 18.4. The van der Waals surface area contributed by atoms with E-state index in [0.717, 1.165) is 123 Å². The normalized spacial score (nSPS) is 11.9. The van der Waals surface area contributed by atoms with Crippen LogP contribution in [0.3, 0.4) is 0 Å². The number of hydrogen-bond donors (Lipinski definition) is 0. The van der Waals surface area contributed by atoms with E-state index in [9.17, 15) is 0 Å². The fraction of sp³-hybridized carbons (Fsp3) is 0.0270. The van der Waals surface area contributed by atoms with E-state index in [4.69, 9.17) is 8.83 Å². The van der Waals surface area contributed by atoms with Gasteiger partial charge in [-0.3, -0.25) is 0 Å². The van der Waals surface area contributed by atoms with Gasteiger partial charge in [0.2, 0.25) is 0 Å². The van der Waals surface area contributed by atoms with E-state index in [-0.39, 0.29) is 0 Å². The topological polar surface area (TPSA) is 32.8 Å². The Bertz CT molecular complexity index is 4830. The molecule has 0 fully saturated rings. The number of thiophene rings is 2. The lowest BCUT2D eigenvalue weighted by atomic mass is 9.96. The van der Waals surface area contributed by atoms with Crippen molar-refractivity contribution in [3.8, 4) is 33.4 Å². The van der Waals surface area contributed by atoms with Crippen molar-refractivity contribution in [2.75, 3.05) is 9.80 Å². The first-order valence-corrected chi connectivity index (χ1v) is 28.8. The molecule has 16 rings (SSSR count). The molecule has 0 aliphatic heterocycles. The van der Waals surface area contributed by atoms with Crippen LogP contribution < -0.4 is 9.80 Å². The van der Waals surface area contributed by atoms with Gasteiger partial charge in [-0.15, -0.1) is 22.7 Å². The Hall–Kier alpha value is -9.72. The maximum Gasteiger partial charge on any atom is 0.159 e. The van der Waals surface area contributed by atoms with Gasteiger partial charge >= 0.3 is 0 Å². The highest BCUT2D eigenvalue weighted by Crippen LogP contribution is 2.50. The Kier molecular flexibility index (Phi) is 10.7. The standard InChI is InChI=1S/C74H48N2O2S2/c1-45-41-47(33-37-61(45)75(65-27-15-23-57-53-19-5-11-29-67(53)77-73(57)65)63-25-9-3-17-51(63)49-35-39-71-59(43-49)55-21-7-13-31-69(55)79-71)48-34-38-62(46(2)42-48)76(66-28-16-24-58-54-20-6-12-30-68(54)78-74(58)66)64-26-10-4-18-52(64)50-36-40-72-60(44-50)56-22-8-14-32-70(56)80-72/h3-44H,1-2H3. The molecule has 0 saturated heterocycles. The number of aryl methyl sites for hydroxylation is 2. The first-order chi connectivity index (χ1) is 39.5. The van der Waals surface area contributed by atoms with Crippen LogP contribution in [0.1, 0.15) is 11.1 Å². The van der Waals surface area contributed by atoms with E-state index in [1.165, 1.54) is 40.3 Å². The van der Waals surface area contributed by atoms with Crippen LogP contribution in [0, 0.1) is 13.8 Å². The summed E-state index contributed by atoms with van der Waals surface area (Å²) in [6.07, 6.45) is 0. The van der Waals surface area contributed by atoms with Crippen LogP contribution in [-0.2, 0) is 0 Å². The van der Waals surface area contributed by atoms with Gasteiger partial charge in [-0.05, 0) is 144 Å². The lowest BCUT2D eigenvalue weighted by Crippen LogP contribution is -2.13. The molecule has 4 heterocycles. The zero-order chi connectivity index (χ0) is 53.0. The molecule has 378 valence electrons. The Morgan fingerprint density at radius 1 is 0.263 bits per heavy atom. The van der Waals surface area contributed by atoms with Crippen LogP contribution in [-0.4, -0.2) is 0 Å². The van der Waals surface area contributed by atoms with Crippen LogP contribution >= 0.6 is 22.7 Å². The molecule has 0 saturated carbocycles. The zero-order valence-electron chi connectivity index (χ0n) is 43.8. The van der Waals surface area contributed by atoms with Crippen molar-refractivity contribution in [1.82, 2.24) is 0 Å². The second-order valence-electron chi connectivity index (χ2n) is 20.8. The van der Waals surface area contributed by atoms with Crippen LogP contribution in [0.5, 0.6) is 0 Å². The molecule has 0 aliphatic rings. The Morgan fingerprint density at radius 3 is 1.09 bits per heavy atom. The van der Waals surface area contributed by atoms with Gasteiger partial charge < -0.3 is 18.6 Å². The molecule has 0 atom stereocenters. The largest absolute Gasteiger partial charge is 0.454 e. The lowest BCUT2D eigenvalue weighted by Gasteiger charge is -2.30. The van der Waals surface area contributed by atoms with E-state index in [2.05, 4.69) is 266 Å². The highest BCUT2D eigenvalue weighted by atomic mass is 32.1. The summed E-state index contributed by atoms with van der Waals surface area (Å²) < 4.78 is 18.8. The van der Waals surface area contributed by atoms with Gasteiger partial charge in [-0.25, -0.2) is 0 Å². The lowest BCUT2D eigenvalue weighted by molar-refractivity contribution is 0.668. The number of anilines is 6. The minimum atomic E-state index is 0.849. The predicted octanol–water partition coefficient (Wildman–Crippen LogP) is 22.8. The van der Waals surface area contributed by atoms with Crippen molar-refractivity contribution >= 4 is 141 Å². The van der Waals surface area contributed by atoms with Crippen molar-refractivity contribution in [2.24, 2.45) is 0 Å². The molecule has 0 spiro atoms. The smallest absolute Gasteiger partial charge is 0.159 e. The molecule has 16 aromatic rings. The maximum atomic E-state index is 6.84. The number of fused-ring (bicyclic) bond motifs is 12. The number of benzene rings is 12. The molecular formula is C74H48N2O2S2. The summed E-state index contributed by atoms with van der Waals surface area (Å²) in [6, 6.07) is 92.5. The summed E-state index contributed by atoms with van der Waals surface area (Å²) >= 11 is 3.70. The highest BCUT2D eigenvalue weighted by Gasteiger charge is 2.26. The van der Waals surface area contributed by atoms with E-state index < -0.39 is 0 Å². The van der Waals surface area contributed by atoms with Crippen LogP contribution in [0.25, 0.3) is 118 Å². The van der Waals surface area contributed by atoms with Crippen LogP contribution in [0.4, 0.5) is 34.1 Å². The second kappa shape index (κ2) is 18.5. The van der Waals surface area contributed by atoms with E-state index in [1.54, 1.807) is 0 Å². The van der Waals surface area contributed by atoms with E-state index in [1.807, 2.05) is 34.8 Å². The Morgan fingerprint density at radius 2 is 0.625 bits per heavy atom. The number of rotatable bonds is 9. The summed E-state index contributed by atoms with van der Waals surface area (Å²) in [7, 11) is 0. The third kappa shape index (κ3) is 7.41. The summed E-state index contributed by atoms with van der Waals surface area (Å²) in [6.45, 7) is 4.47. The average Bonchev–Trinajstić information content (AvgIpc) is 4.33. The SMILES string of the molecule is Cc1cc(-c2ccc(N(c3ccccc3-c3ccc4sc5ccccc5c4c3)c3cccc4c3oc3ccccc34)c(C)c2)ccc1N(c1ccccc1-c1ccc2sc3ccccc3c2c1)c1cccc2c1oc1ccccc12. The molecule has 4 nitrogen and oxygen atoms in total. The Balaban J connectivity index is 0.841. The summed E-state index contributed by atoms with van der Waals surface area (Å²) in [4.78, 5) is 4.83. The Labute approximate surface area is 469 Å². The first-order valence-electron chi connectivity index (χ1n) is 27.1. The molecule has 6 heteroatoms. The van der Waals surface area contributed by atoms with Crippen molar-refractivity contribution in [2.45, 2.75) is 13.8 Å². The van der Waals surface area contributed by atoms with Gasteiger partial charge in [-0.1, -0.05) is 158 Å². The van der Waals surface area contributed by atoms with Crippen LogP contribution in [0.15, 0.2) is 264 Å². The summed E-state index contributed by atoms with van der Waals surface area (Å²) in [5, 5.41) is 9.49. The predicted molar refractivity (Wildman–Crippen MR) is 342 cm³/mol. The number of para-hydroxylation sites is 6. The minimum Gasteiger partial charge on any atom is -0.454 e. The molecule has 0 amide bonds. The molecule has 0 bridgehead atoms. The summed E-state index contributed by atoms with van der Waals surface area (Å²) in [5.74, 6) is 0. The third-order valence-electron chi connectivity index (χ3n) is 16.1. The summed E-state index contributed by atoms with van der Waals surface area (Å²) in [5.41, 5.74) is 18.8. The quantitative estimate of drug-likeness (QED) is 0.144. The molecule has 0 aliphatic carbocycles. The first kappa shape index (κ1) is 46.4. The molecule has 0 radical (unpaired) electrons. The minimum absolute atomic E-state index is 0.849. The van der Waals surface area contributed by atoms with Crippen molar-refractivity contribution in [1.29, 1.82) is 0 Å². The van der Waals surface area contributed by atoms with E-state index >= 15 is 0 Å². The average molecular weight is 1060 g/mol. The van der Waals surface area contributed by atoms with Crippen molar-refractivity contribution < 1.29 is 8.83 Å². The van der Waals surface area contributed by atoms with Gasteiger partial charge in [0.25, 0.3) is 0 Å². The molecule has 80 heavy (non-hydrogen) atoms. The maximum absolute atomic E-state index is 6.84. The fourth-order valence-corrected chi connectivity index (χ4v) is 14.6. The number of hydrogen-bond acceptors (Lipinski definition) is 6.